The molecule has 1 aliphatic heterocycles. The first-order valence-corrected chi connectivity index (χ1v) is 7.74. The Morgan fingerprint density at radius 1 is 1.42 bits per heavy atom. The van der Waals surface area contributed by atoms with Crippen molar-refractivity contribution < 1.29 is 13.2 Å². The Labute approximate surface area is 114 Å². The van der Waals surface area contributed by atoms with E-state index >= 15 is 0 Å². The van der Waals surface area contributed by atoms with Gasteiger partial charge < -0.3 is 10.1 Å². The predicted octanol–water partition coefficient (Wildman–Crippen LogP) is 1.36. The zero-order valence-corrected chi connectivity index (χ0v) is 12.3. The Hall–Kier alpha value is -1.11. The molecule has 1 heterocycles. The van der Waals surface area contributed by atoms with Crippen molar-refractivity contribution in [2.45, 2.75) is 30.8 Å². The van der Waals surface area contributed by atoms with Gasteiger partial charge >= 0.3 is 0 Å². The smallest absolute Gasteiger partial charge is 0.240 e. The number of nitrogens with one attached hydrogen (secondary N) is 2. The summed E-state index contributed by atoms with van der Waals surface area (Å²) in [6, 6.07) is 5.18. The Morgan fingerprint density at radius 2 is 2.16 bits per heavy atom. The van der Waals surface area contributed by atoms with E-state index in [1.54, 1.807) is 19.2 Å². The molecule has 2 rings (SSSR count). The number of fused-ring (bicyclic) bond motifs is 1. The third-order valence-electron chi connectivity index (χ3n) is 3.34. The largest absolute Gasteiger partial charge is 0.384 e. The second-order valence-electron chi connectivity index (χ2n) is 5.28. The molecule has 5 nitrogen and oxygen atoms in total. The van der Waals surface area contributed by atoms with Gasteiger partial charge in [-0.1, -0.05) is 0 Å². The van der Waals surface area contributed by atoms with Crippen LogP contribution in [0.5, 0.6) is 0 Å². The van der Waals surface area contributed by atoms with Crippen LogP contribution in [0.1, 0.15) is 19.4 Å². The van der Waals surface area contributed by atoms with Gasteiger partial charge in [0.05, 0.1) is 10.5 Å². The highest BCUT2D eigenvalue weighted by Crippen LogP contribution is 2.25. The number of ether oxygens (including phenoxy) is 1. The van der Waals surface area contributed by atoms with Gasteiger partial charge in [-0.2, -0.15) is 0 Å². The van der Waals surface area contributed by atoms with E-state index in [1.165, 1.54) is 0 Å². The van der Waals surface area contributed by atoms with Crippen molar-refractivity contribution in [2.75, 3.05) is 25.5 Å². The van der Waals surface area contributed by atoms with Crippen LogP contribution in [0.4, 0.5) is 5.69 Å². The minimum atomic E-state index is -3.48. The van der Waals surface area contributed by atoms with E-state index in [2.05, 4.69) is 10.0 Å². The summed E-state index contributed by atoms with van der Waals surface area (Å²) in [5.41, 5.74) is 1.55. The summed E-state index contributed by atoms with van der Waals surface area (Å²) in [4.78, 5) is 0.307. The average molecular weight is 284 g/mol. The molecule has 0 unspecified atom stereocenters. The number of anilines is 1. The van der Waals surface area contributed by atoms with Gasteiger partial charge in [0.1, 0.15) is 0 Å². The lowest BCUT2D eigenvalue weighted by Crippen LogP contribution is -2.39. The van der Waals surface area contributed by atoms with E-state index in [4.69, 9.17) is 4.74 Å². The first-order valence-electron chi connectivity index (χ1n) is 6.26. The van der Waals surface area contributed by atoms with Crippen LogP contribution >= 0.6 is 0 Å². The van der Waals surface area contributed by atoms with E-state index < -0.39 is 15.6 Å². The van der Waals surface area contributed by atoms with Gasteiger partial charge in [0.2, 0.25) is 10.0 Å². The molecule has 1 aromatic carbocycles. The van der Waals surface area contributed by atoms with Crippen molar-refractivity contribution >= 4 is 15.7 Å². The van der Waals surface area contributed by atoms with Crippen molar-refractivity contribution in [1.29, 1.82) is 0 Å². The van der Waals surface area contributed by atoms with Gasteiger partial charge in [-0.25, -0.2) is 13.1 Å². The molecular formula is C13H20N2O3S. The molecule has 0 fully saturated rings. The normalized spacial score (nSPS) is 15.1. The first kappa shape index (κ1) is 14.3. The molecule has 0 aliphatic carbocycles. The van der Waals surface area contributed by atoms with Crippen LogP contribution in [0.15, 0.2) is 23.1 Å². The first-order chi connectivity index (χ1) is 8.84. The summed E-state index contributed by atoms with van der Waals surface area (Å²) in [7, 11) is -1.92. The van der Waals surface area contributed by atoms with Crippen molar-refractivity contribution in [2.24, 2.45) is 0 Å². The van der Waals surface area contributed by atoms with Gasteiger partial charge in [0.15, 0.2) is 0 Å². The van der Waals surface area contributed by atoms with E-state index in [1.807, 2.05) is 19.9 Å². The molecule has 0 atom stereocenters. The molecule has 0 radical (unpaired) electrons. The van der Waals surface area contributed by atoms with Crippen LogP contribution in [-0.4, -0.2) is 34.2 Å². The molecule has 0 saturated heterocycles. The Balaban J connectivity index is 2.16. The summed E-state index contributed by atoms with van der Waals surface area (Å²) < 4.78 is 32.2. The van der Waals surface area contributed by atoms with Crippen molar-refractivity contribution in [1.82, 2.24) is 4.72 Å². The molecule has 0 saturated carbocycles. The second-order valence-corrected chi connectivity index (χ2v) is 7.05. The third kappa shape index (κ3) is 3.26. The van der Waals surface area contributed by atoms with E-state index in [9.17, 15) is 8.42 Å². The minimum Gasteiger partial charge on any atom is -0.384 e. The average Bonchev–Trinajstić information content (AvgIpc) is 2.84. The zero-order valence-electron chi connectivity index (χ0n) is 11.5. The minimum absolute atomic E-state index is 0.237. The van der Waals surface area contributed by atoms with Crippen LogP contribution in [-0.2, 0) is 21.2 Å². The van der Waals surface area contributed by atoms with Crippen LogP contribution in [0.25, 0.3) is 0 Å². The molecule has 19 heavy (non-hydrogen) atoms. The highest BCUT2D eigenvalue weighted by atomic mass is 32.2. The van der Waals surface area contributed by atoms with E-state index in [0.717, 1.165) is 24.2 Å². The van der Waals surface area contributed by atoms with Crippen LogP contribution in [0.3, 0.4) is 0 Å². The molecule has 106 valence electrons. The monoisotopic (exact) mass is 284 g/mol. The van der Waals surface area contributed by atoms with Gasteiger partial charge in [-0.3, -0.25) is 0 Å². The van der Waals surface area contributed by atoms with Crippen LogP contribution in [0, 0.1) is 0 Å². The molecule has 6 heteroatoms. The quantitative estimate of drug-likeness (QED) is 0.856. The summed E-state index contributed by atoms with van der Waals surface area (Å²) in [5, 5.41) is 3.21. The zero-order chi connectivity index (χ0) is 14.1. The van der Waals surface area contributed by atoms with E-state index in [0.29, 0.717) is 4.90 Å². The SMILES string of the molecule is COC(C)(C)CNS(=O)(=O)c1ccc2c(c1)CCN2. The molecule has 0 amide bonds. The van der Waals surface area contributed by atoms with Crippen LogP contribution in [0.2, 0.25) is 0 Å². The molecule has 0 aromatic heterocycles. The number of hydrogen-bond donors (Lipinski definition) is 2. The van der Waals surface area contributed by atoms with Crippen molar-refractivity contribution in [3.05, 3.63) is 23.8 Å². The summed E-state index contributed by atoms with van der Waals surface area (Å²) >= 11 is 0. The van der Waals surface area contributed by atoms with Gasteiger partial charge in [0.25, 0.3) is 0 Å². The molecule has 0 spiro atoms. The molecule has 1 aromatic rings. The van der Waals surface area contributed by atoms with Gasteiger partial charge in [-0.15, -0.1) is 0 Å². The van der Waals surface area contributed by atoms with Gasteiger partial charge in [0, 0.05) is 25.9 Å². The Bertz CT molecular complexity index is 567. The standard InChI is InChI=1S/C13H20N2O3S/c1-13(2,18-3)9-15-19(16,17)11-4-5-12-10(8-11)6-7-14-12/h4-5,8,14-15H,6-7,9H2,1-3H3. The lowest BCUT2D eigenvalue weighted by molar-refractivity contribution is 0.0276. The maximum atomic E-state index is 12.2. The lowest BCUT2D eigenvalue weighted by atomic mass is 10.1. The second kappa shape index (κ2) is 5.11. The van der Waals surface area contributed by atoms with E-state index in [-0.39, 0.29) is 6.54 Å². The number of sulfonamides is 1. The molecule has 0 bridgehead atoms. The highest BCUT2D eigenvalue weighted by Gasteiger charge is 2.23. The fourth-order valence-corrected chi connectivity index (χ4v) is 3.12. The number of rotatable bonds is 5. The van der Waals surface area contributed by atoms with Crippen molar-refractivity contribution in [3.8, 4) is 0 Å². The number of benzene rings is 1. The van der Waals surface area contributed by atoms with Crippen LogP contribution < -0.4 is 10.0 Å². The fraction of sp³-hybridized carbons (Fsp3) is 0.538. The maximum Gasteiger partial charge on any atom is 0.240 e. The summed E-state index contributed by atoms with van der Waals surface area (Å²) in [5.74, 6) is 0. The summed E-state index contributed by atoms with van der Waals surface area (Å²) in [6.07, 6.45) is 0.863. The molecule has 2 N–H and O–H groups in total. The lowest BCUT2D eigenvalue weighted by Gasteiger charge is -2.23. The van der Waals surface area contributed by atoms with Crippen molar-refractivity contribution in [3.63, 3.8) is 0 Å². The number of hydrogen-bond acceptors (Lipinski definition) is 4. The Morgan fingerprint density at radius 3 is 2.84 bits per heavy atom. The molecular weight excluding hydrogens is 264 g/mol. The fourth-order valence-electron chi connectivity index (χ4n) is 1.87. The number of methoxy groups -OCH3 is 1. The Kier molecular flexibility index (Phi) is 3.85. The van der Waals surface area contributed by atoms with Gasteiger partial charge in [-0.05, 0) is 44.0 Å². The third-order valence-corrected chi connectivity index (χ3v) is 4.74. The maximum absolute atomic E-state index is 12.2. The predicted molar refractivity (Wildman–Crippen MR) is 74.9 cm³/mol. The summed E-state index contributed by atoms with van der Waals surface area (Å²) in [6.45, 7) is 4.77. The topological polar surface area (TPSA) is 67.4 Å². The highest BCUT2D eigenvalue weighted by molar-refractivity contribution is 7.89. The molecule has 1 aliphatic rings.